The average molecular weight is 754 g/mol. The average Bonchev–Trinajstić information content (AvgIpc) is 2.77. The summed E-state index contributed by atoms with van der Waals surface area (Å²) in [5.41, 5.74) is -25.9. The molecule has 0 radical (unpaired) electrons. The lowest BCUT2D eigenvalue weighted by Crippen LogP contribution is -2.77. The molecule has 0 bridgehead atoms. The molecule has 268 valence electrons. The predicted octanol–water partition coefficient (Wildman–Crippen LogP) is 8.91. The van der Waals surface area contributed by atoms with Crippen LogP contribution in [0.15, 0.2) is 40.7 Å². The van der Waals surface area contributed by atoms with Crippen LogP contribution in [-0.2, 0) is 10.1 Å². The fraction of sp³-hybridized carbons (Fsp3) is 0.556. The molecule has 1 aromatic carbocycles. The predicted molar refractivity (Wildman–Crippen MR) is 96.4 cm³/mol. The highest BCUT2D eigenvalue weighted by Crippen LogP contribution is 2.74. The summed E-state index contributed by atoms with van der Waals surface area (Å²) >= 11 is 0. The van der Waals surface area contributed by atoms with Gasteiger partial charge in [0.2, 0.25) is 5.41 Å². The smallest absolute Gasteiger partial charge is 0.432 e. The molecule has 0 fully saturated rings. The van der Waals surface area contributed by atoms with Crippen LogP contribution in [0.2, 0.25) is 0 Å². The zero-order chi connectivity index (χ0) is 37.3. The zero-order valence-electron chi connectivity index (χ0n) is 20.1. The molecule has 0 amide bonds. The Kier molecular flexibility index (Phi) is 9.88. The van der Waals surface area contributed by atoms with Crippen LogP contribution in [0.3, 0.4) is 0 Å². The summed E-state index contributed by atoms with van der Waals surface area (Å²) in [4.78, 5) is -1.51. The quantitative estimate of drug-likeness (QED) is 0.164. The Morgan fingerprint density at radius 3 is 1.09 bits per heavy atom. The molecule has 1 atom stereocenters. The van der Waals surface area contributed by atoms with Crippen molar-refractivity contribution in [2.45, 2.75) is 59.2 Å². The second-order valence-corrected chi connectivity index (χ2v) is 9.74. The summed E-state index contributed by atoms with van der Waals surface area (Å²) in [6.45, 7) is 0. The van der Waals surface area contributed by atoms with Gasteiger partial charge < -0.3 is 4.74 Å². The van der Waals surface area contributed by atoms with Crippen LogP contribution in [0.1, 0.15) is 0 Å². The van der Waals surface area contributed by atoms with Crippen LogP contribution in [0, 0.1) is 5.41 Å². The highest BCUT2D eigenvalue weighted by atomic mass is 32.2. The van der Waals surface area contributed by atoms with E-state index in [1.807, 2.05) is 0 Å². The van der Waals surface area contributed by atoms with Crippen LogP contribution in [0.25, 0.3) is 0 Å². The Morgan fingerprint density at radius 1 is 0.522 bits per heavy atom. The van der Waals surface area contributed by atoms with Crippen LogP contribution in [0.5, 0.6) is 5.75 Å². The number of halogens is 23. The molecule has 1 unspecified atom stereocenters. The Bertz CT molecular complexity index is 1380. The van der Waals surface area contributed by atoms with E-state index in [4.69, 9.17) is 4.55 Å². The fourth-order valence-electron chi connectivity index (χ4n) is 3.48. The number of rotatable bonds is 8. The summed E-state index contributed by atoms with van der Waals surface area (Å²) < 4.78 is 351. The van der Waals surface area contributed by atoms with E-state index in [1.54, 1.807) is 0 Å². The third-order valence-corrected chi connectivity index (χ3v) is 6.37. The van der Waals surface area contributed by atoms with Crippen LogP contribution in [-0.4, -0.2) is 67.3 Å². The molecule has 46 heavy (non-hydrogen) atoms. The molecule has 0 spiro atoms. The van der Waals surface area contributed by atoms with Crippen molar-refractivity contribution >= 4 is 10.1 Å². The van der Waals surface area contributed by atoms with Crippen molar-refractivity contribution in [3.63, 3.8) is 0 Å². The first-order chi connectivity index (χ1) is 19.7. The highest BCUT2D eigenvalue weighted by Gasteiger charge is 2.99. The van der Waals surface area contributed by atoms with Gasteiger partial charge in [-0.15, -0.1) is 0 Å². The van der Waals surface area contributed by atoms with E-state index in [9.17, 15) is 101 Å². The molecule has 1 rings (SSSR count). The molecule has 0 heterocycles. The van der Waals surface area contributed by atoms with Crippen LogP contribution < -0.4 is 4.74 Å². The third-order valence-electron chi connectivity index (χ3n) is 5.50. The minimum atomic E-state index is -9.83. The lowest BCUT2D eigenvalue weighted by molar-refractivity contribution is -0.462. The molecule has 0 saturated carbocycles. The molecule has 0 aliphatic heterocycles. The van der Waals surface area contributed by atoms with Gasteiger partial charge in [0, 0.05) is 0 Å². The van der Waals surface area contributed by atoms with E-state index >= 15 is 8.78 Å². The van der Waals surface area contributed by atoms with Crippen molar-refractivity contribution in [2.24, 2.45) is 5.41 Å². The first kappa shape index (κ1) is 41.1. The van der Waals surface area contributed by atoms with Gasteiger partial charge >= 0.3 is 54.3 Å². The van der Waals surface area contributed by atoms with Gasteiger partial charge in [0.25, 0.3) is 16.1 Å². The van der Waals surface area contributed by atoms with Crippen molar-refractivity contribution in [1.82, 2.24) is 0 Å². The monoisotopic (exact) mass is 754 g/mol. The minimum Gasteiger partial charge on any atom is -0.432 e. The van der Waals surface area contributed by atoms with E-state index in [-0.39, 0.29) is 12.1 Å². The van der Waals surface area contributed by atoms with Gasteiger partial charge in [-0.05, 0) is 24.3 Å². The molecule has 0 saturated heterocycles. The van der Waals surface area contributed by atoms with Crippen molar-refractivity contribution in [2.75, 3.05) is 0 Å². The van der Waals surface area contributed by atoms with Crippen molar-refractivity contribution < 1.29 is 119 Å². The number of benzene rings is 1. The van der Waals surface area contributed by atoms with Crippen LogP contribution in [0.4, 0.5) is 101 Å². The Morgan fingerprint density at radius 2 is 0.848 bits per heavy atom. The van der Waals surface area contributed by atoms with Crippen LogP contribution >= 0.6 is 0 Å². The standard InChI is InChI=1S/C18H5F23O4S/c19-8(45-5-1-3-6(4-2-5)46(42,43)44)7(10(20,15(30,31)32)13(25,26)18(39,40)41)9(14(27,28)29,11(21,22)16(33,34)35)12(23,24)17(36,37)38/h1-4H,(H,42,43,44)/b8-7-. The van der Waals surface area contributed by atoms with Gasteiger partial charge in [0.05, 0.1) is 10.5 Å². The Hall–Kier alpha value is -2.94. The normalized spacial score (nSPS) is 17.4. The van der Waals surface area contributed by atoms with Crippen molar-refractivity contribution in [1.29, 1.82) is 0 Å². The number of allylic oxidation sites excluding steroid dienone is 1. The number of hydrogen-bond acceptors (Lipinski definition) is 3. The maximum Gasteiger partial charge on any atom is 0.457 e. The summed E-state index contributed by atoms with van der Waals surface area (Å²) in [5.74, 6) is -30.6. The van der Waals surface area contributed by atoms with Gasteiger partial charge in [0.15, 0.2) is 0 Å². The summed E-state index contributed by atoms with van der Waals surface area (Å²) in [6.07, 6.45) is -44.7. The van der Waals surface area contributed by atoms with E-state index < -0.39 is 104 Å². The SMILES string of the molecule is O=S(=O)(O)c1ccc(O/C(F)=C(\C(F)(C(F)(F)F)C(F)(F)C(F)(F)F)C(C(F)(F)F)(C(F)(F)C(F)(F)F)C(F)(F)C(F)(F)F)cc1. The molecule has 0 aliphatic rings. The molecule has 28 heteroatoms. The summed E-state index contributed by atoms with van der Waals surface area (Å²) in [6, 6.07) is -6.97. The zero-order valence-corrected chi connectivity index (χ0v) is 20.9. The molecular formula is C18H5F23O4S. The number of alkyl halides is 22. The topological polar surface area (TPSA) is 63.6 Å². The van der Waals surface area contributed by atoms with E-state index in [0.717, 1.165) is 0 Å². The van der Waals surface area contributed by atoms with Gasteiger partial charge in [-0.1, -0.05) is 0 Å². The maximum atomic E-state index is 15.3. The summed E-state index contributed by atoms with van der Waals surface area (Å²) in [5, 5.41) is 0. The summed E-state index contributed by atoms with van der Waals surface area (Å²) in [7, 11) is -5.45. The number of ether oxygens (including phenoxy) is 1. The molecule has 1 aromatic rings. The first-order valence-electron chi connectivity index (χ1n) is 10.0. The maximum absolute atomic E-state index is 15.3. The van der Waals surface area contributed by atoms with Crippen molar-refractivity contribution in [3.8, 4) is 5.75 Å². The van der Waals surface area contributed by atoms with E-state index in [1.165, 1.54) is 0 Å². The lowest BCUT2D eigenvalue weighted by atomic mass is 9.61. The van der Waals surface area contributed by atoms with Gasteiger partial charge in [-0.2, -0.15) is 105 Å². The fourth-order valence-corrected chi connectivity index (χ4v) is 3.96. The lowest BCUT2D eigenvalue weighted by Gasteiger charge is -2.51. The highest BCUT2D eigenvalue weighted by molar-refractivity contribution is 7.85. The molecule has 1 N–H and O–H groups in total. The van der Waals surface area contributed by atoms with Crippen molar-refractivity contribution in [3.05, 3.63) is 35.9 Å². The molecule has 0 aliphatic carbocycles. The molecule has 0 aromatic heterocycles. The van der Waals surface area contributed by atoms with Gasteiger partial charge in [-0.25, -0.2) is 4.39 Å². The largest absolute Gasteiger partial charge is 0.457 e. The second kappa shape index (κ2) is 11.1. The van der Waals surface area contributed by atoms with E-state index in [2.05, 4.69) is 4.74 Å². The molecular weight excluding hydrogens is 749 g/mol. The van der Waals surface area contributed by atoms with E-state index in [0.29, 0.717) is 0 Å². The number of hydrogen-bond donors (Lipinski definition) is 1. The minimum absolute atomic E-state index is 0.278. The van der Waals surface area contributed by atoms with Gasteiger partial charge in [0.1, 0.15) is 5.75 Å². The Balaban J connectivity index is 5.01. The second-order valence-electron chi connectivity index (χ2n) is 8.32. The van der Waals surface area contributed by atoms with Gasteiger partial charge in [-0.3, -0.25) is 4.55 Å². The molecule has 4 nitrogen and oxygen atoms in total. The first-order valence-corrected chi connectivity index (χ1v) is 11.5. The Labute approximate surface area is 236 Å². The third kappa shape index (κ3) is 5.97.